The number of carbonyl (C=O) groups excluding carboxylic acids is 1. The van der Waals surface area contributed by atoms with E-state index < -0.39 is 0 Å². The molecule has 6 heteroatoms. The lowest BCUT2D eigenvalue weighted by Crippen LogP contribution is -2.23. The number of pyridine rings is 1. The second-order valence-electron chi connectivity index (χ2n) is 4.57. The molecule has 0 saturated heterocycles. The molecule has 0 aliphatic carbocycles. The second kappa shape index (κ2) is 6.82. The fourth-order valence-corrected chi connectivity index (χ4v) is 2.58. The number of hydrogen-bond donors (Lipinski definition) is 2. The van der Waals surface area contributed by atoms with Crippen LogP contribution >= 0.6 is 11.3 Å². The van der Waals surface area contributed by atoms with Gasteiger partial charge in [0.25, 0.3) is 5.91 Å². The first-order valence-corrected chi connectivity index (χ1v) is 7.64. The van der Waals surface area contributed by atoms with Gasteiger partial charge in [-0.2, -0.15) is 0 Å². The van der Waals surface area contributed by atoms with Crippen molar-refractivity contribution in [1.29, 1.82) is 0 Å². The number of anilines is 2. The SMILES string of the molecule is O=C(NCc1ccccc1)c1csc(Nc2cccnc2)n1. The molecule has 0 aliphatic heterocycles. The maximum absolute atomic E-state index is 12.1. The summed E-state index contributed by atoms with van der Waals surface area (Å²) in [7, 11) is 0. The molecule has 0 spiro atoms. The zero-order valence-electron chi connectivity index (χ0n) is 11.7. The largest absolute Gasteiger partial charge is 0.347 e. The minimum atomic E-state index is -0.181. The summed E-state index contributed by atoms with van der Waals surface area (Å²) >= 11 is 1.38. The van der Waals surface area contributed by atoms with Gasteiger partial charge in [-0.1, -0.05) is 30.3 Å². The molecule has 22 heavy (non-hydrogen) atoms. The number of hydrogen-bond acceptors (Lipinski definition) is 5. The van der Waals surface area contributed by atoms with Gasteiger partial charge < -0.3 is 10.6 Å². The van der Waals surface area contributed by atoms with E-state index in [1.54, 1.807) is 17.8 Å². The van der Waals surface area contributed by atoms with Gasteiger partial charge in [0, 0.05) is 18.1 Å². The van der Waals surface area contributed by atoms with E-state index in [-0.39, 0.29) is 5.91 Å². The van der Waals surface area contributed by atoms with Crippen molar-refractivity contribution < 1.29 is 4.79 Å². The zero-order chi connectivity index (χ0) is 15.2. The van der Waals surface area contributed by atoms with E-state index in [9.17, 15) is 4.79 Å². The molecule has 2 aromatic heterocycles. The van der Waals surface area contributed by atoms with Crippen LogP contribution < -0.4 is 10.6 Å². The number of thiazole rings is 1. The molecular weight excluding hydrogens is 296 g/mol. The van der Waals surface area contributed by atoms with Crippen LogP contribution in [0.2, 0.25) is 0 Å². The summed E-state index contributed by atoms with van der Waals surface area (Å²) < 4.78 is 0. The van der Waals surface area contributed by atoms with Gasteiger partial charge in [-0.15, -0.1) is 11.3 Å². The van der Waals surface area contributed by atoms with Crippen molar-refractivity contribution in [3.8, 4) is 0 Å². The zero-order valence-corrected chi connectivity index (χ0v) is 12.5. The van der Waals surface area contributed by atoms with E-state index in [2.05, 4.69) is 20.6 Å². The standard InChI is InChI=1S/C16H14N4OS/c21-15(18-9-12-5-2-1-3-6-12)14-11-22-16(20-14)19-13-7-4-8-17-10-13/h1-8,10-11H,9H2,(H,18,21)(H,19,20). The number of amides is 1. The molecule has 0 unspecified atom stereocenters. The highest BCUT2D eigenvalue weighted by molar-refractivity contribution is 7.14. The Balaban J connectivity index is 1.60. The van der Waals surface area contributed by atoms with Crippen LogP contribution in [0.4, 0.5) is 10.8 Å². The number of aromatic nitrogens is 2. The minimum Gasteiger partial charge on any atom is -0.347 e. The Kier molecular flexibility index (Phi) is 4.41. The predicted molar refractivity (Wildman–Crippen MR) is 87.2 cm³/mol. The number of rotatable bonds is 5. The highest BCUT2D eigenvalue weighted by atomic mass is 32.1. The molecule has 0 fully saturated rings. The summed E-state index contributed by atoms with van der Waals surface area (Å²) in [5.41, 5.74) is 2.31. The third-order valence-electron chi connectivity index (χ3n) is 2.95. The number of benzene rings is 1. The van der Waals surface area contributed by atoms with Gasteiger partial charge >= 0.3 is 0 Å². The fraction of sp³-hybridized carbons (Fsp3) is 0.0625. The van der Waals surface area contributed by atoms with Crippen molar-refractivity contribution in [3.63, 3.8) is 0 Å². The first-order chi connectivity index (χ1) is 10.8. The molecule has 0 aliphatic rings. The van der Waals surface area contributed by atoms with Crippen molar-refractivity contribution in [2.24, 2.45) is 0 Å². The summed E-state index contributed by atoms with van der Waals surface area (Å²) in [6, 6.07) is 13.5. The Morgan fingerprint density at radius 2 is 2.00 bits per heavy atom. The molecule has 0 radical (unpaired) electrons. The van der Waals surface area contributed by atoms with Gasteiger partial charge in [-0.3, -0.25) is 9.78 Å². The van der Waals surface area contributed by atoms with Gasteiger partial charge in [0.05, 0.1) is 11.9 Å². The fourth-order valence-electron chi connectivity index (χ4n) is 1.86. The van der Waals surface area contributed by atoms with E-state index in [0.717, 1.165) is 11.3 Å². The van der Waals surface area contributed by atoms with Gasteiger partial charge in [0.2, 0.25) is 0 Å². The highest BCUT2D eigenvalue weighted by Gasteiger charge is 2.10. The van der Waals surface area contributed by atoms with Crippen molar-refractivity contribution in [2.75, 3.05) is 5.32 Å². The van der Waals surface area contributed by atoms with E-state index >= 15 is 0 Å². The topological polar surface area (TPSA) is 66.9 Å². The van der Waals surface area contributed by atoms with Crippen LogP contribution in [0, 0.1) is 0 Å². The Morgan fingerprint density at radius 1 is 1.14 bits per heavy atom. The minimum absolute atomic E-state index is 0.181. The van der Waals surface area contributed by atoms with Crippen molar-refractivity contribution in [1.82, 2.24) is 15.3 Å². The lowest BCUT2D eigenvalue weighted by atomic mass is 10.2. The molecule has 3 rings (SSSR count). The molecule has 0 atom stereocenters. The molecule has 1 amide bonds. The number of carbonyl (C=O) groups is 1. The number of nitrogens with zero attached hydrogens (tertiary/aromatic N) is 2. The molecule has 1 aromatic carbocycles. The highest BCUT2D eigenvalue weighted by Crippen LogP contribution is 2.20. The lowest BCUT2D eigenvalue weighted by molar-refractivity contribution is 0.0946. The summed E-state index contributed by atoms with van der Waals surface area (Å²) in [6.07, 6.45) is 3.41. The molecule has 2 N–H and O–H groups in total. The maximum Gasteiger partial charge on any atom is 0.271 e. The van der Waals surface area contributed by atoms with Crippen LogP contribution in [0.3, 0.4) is 0 Å². The van der Waals surface area contributed by atoms with E-state index in [4.69, 9.17) is 0 Å². The molecular formula is C16H14N4OS. The summed E-state index contributed by atoms with van der Waals surface area (Å²) in [5.74, 6) is -0.181. The van der Waals surface area contributed by atoms with Crippen LogP contribution in [0.5, 0.6) is 0 Å². The Morgan fingerprint density at radius 3 is 2.77 bits per heavy atom. The predicted octanol–water partition coefficient (Wildman–Crippen LogP) is 3.21. The van der Waals surface area contributed by atoms with E-state index in [0.29, 0.717) is 17.4 Å². The van der Waals surface area contributed by atoms with Gasteiger partial charge in [-0.05, 0) is 17.7 Å². The third-order valence-corrected chi connectivity index (χ3v) is 3.70. The first kappa shape index (κ1) is 14.2. The van der Waals surface area contributed by atoms with Crippen LogP contribution in [-0.4, -0.2) is 15.9 Å². The number of nitrogens with one attached hydrogen (secondary N) is 2. The van der Waals surface area contributed by atoms with Crippen LogP contribution in [0.15, 0.2) is 60.2 Å². The summed E-state index contributed by atoms with van der Waals surface area (Å²) in [6.45, 7) is 0.489. The van der Waals surface area contributed by atoms with Crippen LogP contribution in [0.1, 0.15) is 16.1 Å². The normalized spacial score (nSPS) is 10.2. The van der Waals surface area contributed by atoms with Crippen molar-refractivity contribution in [2.45, 2.75) is 6.54 Å². The molecule has 2 heterocycles. The summed E-state index contributed by atoms with van der Waals surface area (Å²) in [4.78, 5) is 20.4. The maximum atomic E-state index is 12.1. The third kappa shape index (κ3) is 3.67. The Labute approximate surface area is 132 Å². The molecule has 5 nitrogen and oxygen atoms in total. The molecule has 3 aromatic rings. The Hall–Kier alpha value is -2.73. The first-order valence-electron chi connectivity index (χ1n) is 6.76. The summed E-state index contributed by atoms with van der Waals surface area (Å²) in [5, 5.41) is 8.38. The van der Waals surface area contributed by atoms with Crippen molar-refractivity contribution in [3.05, 3.63) is 71.5 Å². The van der Waals surface area contributed by atoms with Gasteiger partial charge in [0.1, 0.15) is 5.69 Å². The molecule has 0 bridgehead atoms. The monoisotopic (exact) mass is 310 g/mol. The molecule has 0 saturated carbocycles. The quantitative estimate of drug-likeness (QED) is 0.759. The lowest BCUT2D eigenvalue weighted by Gasteiger charge is -2.03. The average molecular weight is 310 g/mol. The second-order valence-corrected chi connectivity index (χ2v) is 5.43. The van der Waals surface area contributed by atoms with E-state index in [1.807, 2.05) is 42.5 Å². The van der Waals surface area contributed by atoms with Crippen LogP contribution in [0.25, 0.3) is 0 Å². The van der Waals surface area contributed by atoms with Crippen molar-refractivity contribution >= 4 is 28.1 Å². The smallest absolute Gasteiger partial charge is 0.271 e. The molecule has 110 valence electrons. The van der Waals surface area contributed by atoms with Gasteiger partial charge in [0.15, 0.2) is 5.13 Å². The Bertz CT molecular complexity index is 743. The van der Waals surface area contributed by atoms with Gasteiger partial charge in [-0.25, -0.2) is 4.98 Å². The van der Waals surface area contributed by atoms with Crippen LogP contribution in [-0.2, 0) is 6.54 Å². The average Bonchev–Trinajstić information content (AvgIpc) is 3.03. The van der Waals surface area contributed by atoms with E-state index in [1.165, 1.54) is 11.3 Å².